The maximum Gasteiger partial charge on any atom is 0.238 e. The largest absolute Gasteiger partial charge is 0.486 e. The van der Waals surface area contributed by atoms with Gasteiger partial charge < -0.3 is 14.8 Å². The van der Waals surface area contributed by atoms with E-state index in [4.69, 9.17) is 9.47 Å². The van der Waals surface area contributed by atoms with Crippen LogP contribution in [0.3, 0.4) is 0 Å². The van der Waals surface area contributed by atoms with E-state index in [1.807, 2.05) is 12.1 Å². The summed E-state index contributed by atoms with van der Waals surface area (Å²) in [4.78, 5) is 14.7. The highest BCUT2D eigenvalue weighted by atomic mass is 35.5. The number of carbonyl (C=O) groups is 1. The Morgan fingerprint density at radius 1 is 1.12 bits per heavy atom. The molecule has 2 heterocycles. The molecule has 3 rings (SSSR count). The summed E-state index contributed by atoms with van der Waals surface area (Å²) in [5, 5.41) is 3.10. The van der Waals surface area contributed by atoms with E-state index >= 15 is 0 Å². The Morgan fingerprint density at radius 2 is 1.80 bits per heavy atom. The summed E-state index contributed by atoms with van der Waals surface area (Å²) in [6.45, 7) is 5.84. The smallest absolute Gasteiger partial charge is 0.238 e. The Labute approximate surface area is 156 Å². The van der Waals surface area contributed by atoms with Crippen LogP contribution in [-0.2, 0) is 11.2 Å². The van der Waals surface area contributed by atoms with E-state index in [2.05, 4.69) is 17.1 Å². The molecule has 25 heavy (non-hydrogen) atoms. The van der Waals surface area contributed by atoms with Crippen LogP contribution in [0.1, 0.15) is 44.6 Å². The van der Waals surface area contributed by atoms with Crippen molar-refractivity contribution in [3.05, 3.63) is 17.7 Å². The van der Waals surface area contributed by atoms with Crippen LogP contribution >= 0.6 is 12.4 Å². The highest BCUT2D eigenvalue weighted by molar-refractivity contribution is 5.93. The first-order chi connectivity index (χ1) is 11.8. The second kappa shape index (κ2) is 9.88. The second-order valence-corrected chi connectivity index (χ2v) is 6.64. The summed E-state index contributed by atoms with van der Waals surface area (Å²) in [5.74, 6) is 1.59. The third-order valence-electron chi connectivity index (χ3n) is 4.66. The number of fused-ring (bicyclic) bond motifs is 1. The number of carbonyl (C=O) groups excluding carboxylic acids is 1. The summed E-state index contributed by atoms with van der Waals surface area (Å²) in [6, 6.07) is 3.95. The molecule has 0 saturated carbocycles. The van der Waals surface area contributed by atoms with Gasteiger partial charge in [-0.3, -0.25) is 9.69 Å². The number of amides is 1. The van der Waals surface area contributed by atoms with Crippen molar-refractivity contribution in [3.8, 4) is 11.5 Å². The van der Waals surface area contributed by atoms with Gasteiger partial charge in [-0.15, -0.1) is 12.4 Å². The quantitative estimate of drug-likeness (QED) is 0.832. The van der Waals surface area contributed by atoms with E-state index in [1.54, 1.807) is 0 Å². The number of nitrogens with one attached hydrogen (secondary N) is 1. The number of ether oxygens (including phenoxy) is 2. The minimum absolute atomic E-state index is 0. The molecule has 1 aromatic rings. The Bertz CT molecular complexity index is 574. The van der Waals surface area contributed by atoms with Crippen LogP contribution in [0.5, 0.6) is 11.5 Å². The number of hydrogen-bond donors (Lipinski definition) is 1. The fourth-order valence-corrected chi connectivity index (χ4v) is 3.33. The van der Waals surface area contributed by atoms with Crippen LogP contribution < -0.4 is 14.8 Å². The maximum atomic E-state index is 12.4. The van der Waals surface area contributed by atoms with Crippen molar-refractivity contribution in [2.75, 3.05) is 38.2 Å². The van der Waals surface area contributed by atoms with E-state index < -0.39 is 0 Å². The molecular weight excluding hydrogens is 340 g/mol. The number of anilines is 1. The van der Waals surface area contributed by atoms with Gasteiger partial charge in [0.05, 0.1) is 6.54 Å². The number of rotatable bonds is 6. The standard InChI is InChI=1S/C19H28N2O3.ClH/c1-2-3-7-15-12-17-18(24-11-10-23-17)13-16(15)20-19(22)14-21-8-5-4-6-9-21;/h12-13H,2-11,14H2,1H3,(H,20,22);1H. The normalized spacial score (nSPS) is 16.8. The maximum absolute atomic E-state index is 12.4. The number of benzene rings is 1. The second-order valence-electron chi connectivity index (χ2n) is 6.64. The lowest BCUT2D eigenvalue weighted by molar-refractivity contribution is -0.117. The van der Waals surface area contributed by atoms with Crippen molar-refractivity contribution in [1.82, 2.24) is 4.90 Å². The topological polar surface area (TPSA) is 50.8 Å². The van der Waals surface area contributed by atoms with Gasteiger partial charge >= 0.3 is 0 Å². The molecule has 0 atom stereocenters. The van der Waals surface area contributed by atoms with Crippen LogP contribution in [0.25, 0.3) is 0 Å². The molecule has 2 aliphatic rings. The average molecular weight is 369 g/mol. The molecule has 0 spiro atoms. The Morgan fingerprint density at radius 3 is 2.48 bits per heavy atom. The van der Waals surface area contributed by atoms with Crippen molar-refractivity contribution in [2.24, 2.45) is 0 Å². The lowest BCUT2D eigenvalue weighted by Crippen LogP contribution is -2.37. The molecule has 0 aliphatic carbocycles. The Kier molecular flexibility index (Phi) is 7.85. The SMILES string of the molecule is CCCCc1cc2c(cc1NC(=O)CN1CCCCC1)OCCO2.Cl. The van der Waals surface area contributed by atoms with E-state index in [0.717, 1.165) is 55.1 Å². The molecule has 1 N–H and O–H groups in total. The Hall–Kier alpha value is -1.46. The van der Waals surface area contributed by atoms with Crippen LogP contribution in [0.4, 0.5) is 5.69 Å². The van der Waals surface area contributed by atoms with Gasteiger partial charge in [0.15, 0.2) is 11.5 Å². The first-order valence-electron chi connectivity index (χ1n) is 9.21. The molecule has 0 bridgehead atoms. The average Bonchev–Trinajstić information content (AvgIpc) is 2.60. The van der Waals surface area contributed by atoms with Gasteiger partial charge in [0, 0.05) is 11.8 Å². The van der Waals surface area contributed by atoms with Gasteiger partial charge in [-0.05, 0) is 50.4 Å². The van der Waals surface area contributed by atoms with Crippen LogP contribution in [-0.4, -0.2) is 43.7 Å². The van der Waals surface area contributed by atoms with E-state index in [1.165, 1.54) is 19.3 Å². The third-order valence-corrected chi connectivity index (χ3v) is 4.66. The molecule has 1 saturated heterocycles. The van der Waals surface area contributed by atoms with Crippen LogP contribution in [0.15, 0.2) is 12.1 Å². The minimum Gasteiger partial charge on any atom is -0.486 e. The van der Waals surface area contributed by atoms with Crippen molar-refractivity contribution < 1.29 is 14.3 Å². The van der Waals surface area contributed by atoms with E-state index in [-0.39, 0.29) is 18.3 Å². The number of halogens is 1. The summed E-state index contributed by atoms with van der Waals surface area (Å²) >= 11 is 0. The molecule has 1 aromatic carbocycles. The van der Waals surface area contributed by atoms with Crippen molar-refractivity contribution in [3.63, 3.8) is 0 Å². The summed E-state index contributed by atoms with van der Waals surface area (Å²) < 4.78 is 11.3. The zero-order valence-corrected chi connectivity index (χ0v) is 15.8. The Balaban J connectivity index is 0.00000225. The summed E-state index contributed by atoms with van der Waals surface area (Å²) in [7, 11) is 0. The number of aryl methyl sites for hydroxylation is 1. The van der Waals surface area contributed by atoms with Gasteiger partial charge in [-0.2, -0.15) is 0 Å². The predicted octanol–water partition coefficient (Wildman–Crippen LogP) is 3.65. The highest BCUT2D eigenvalue weighted by Gasteiger charge is 2.18. The van der Waals surface area contributed by atoms with Crippen LogP contribution in [0.2, 0.25) is 0 Å². The lowest BCUT2D eigenvalue weighted by atomic mass is 10.0. The molecule has 0 unspecified atom stereocenters. The zero-order valence-electron chi connectivity index (χ0n) is 15.0. The number of hydrogen-bond acceptors (Lipinski definition) is 4. The minimum atomic E-state index is 0. The zero-order chi connectivity index (χ0) is 16.8. The van der Waals surface area contributed by atoms with Gasteiger partial charge in [0.25, 0.3) is 0 Å². The van der Waals surface area contributed by atoms with E-state index in [0.29, 0.717) is 19.8 Å². The van der Waals surface area contributed by atoms with Crippen molar-refractivity contribution >= 4 is 24.0 Å². The molecule has 1 fully saturated rings. The molecule has 5 nitrogen and oxygen atoms in total. The molecular formula is C19H29ClN2O3. The number of nitrogens with zero attached hydrogens (tertiary/aromatic N) is 1. The van der Waals surface area contributed by atoms with Gasteiger partial charge in [0.1, 0.15) is 13.2 Å². The van der Waals surface area contributed by atoms with E-state index in [9.17, 15) is 4.79 Å². The van der Waals surface area contributed by atoms with Crippen molar-refractivity contribution in [2.45, 2.75) is 45.4 Å². The molecule has 0 radical (unpaired) electrons. The lowest BCUT2D eigenvalue weighted by Gasteiger charge is -2.26. The predicted molar refractivity (Wildman–Crippen MR) is 102 cm³/mol. The fraction of sp³-hybridized carbons (Fsp3) is 0.632. The summed E-state index contributed by atoms with van der Waals surface area (Å²) in [5.41, 5.74) is 2.00. The molecule has 0 aromatic heterocycles. The van der Waals surface area contributed by atoms with Gasteiger partial charge in [-0.25, -0.2) is 0 Å². The van der Waals surface area contributed by atoms with Gasteiger partial charge in [0.2, 0.25) is 5.91 Å². The number of piperidine rings is 1. The van der Waals surface area contributed by atoms with Gasteiger partial charge in [-0.1, -0.05) is 19.8 Å². The third kappa shape index (κ3) is 5.51. The van der Waals surface area contributed by atoms with Crippen molar-refractivity contribution in [1.29, 1.82) is 0 Å². The van der Waals surface area contributed by atoms with Crippen LogP contribution in [0, 0.1) is 0 Å². The highest BCUT2D eigenvalue weighted by Crippen LogP contribution is 2.36. The molecule has 2 aliphatic heterocycles. The fourth-order valence-electron chi connectivity index (χ4n) is 3.33. The monoisotopic (exact) mass is 368 g/mol. The molecule has 1 amide bonds. The molecule has 140 valence electrons. The summed E-state index contributed by atoms with van der Waals surface area (Å²) in [6.07, 6.45) is 6.82. The molecule has 6 heteroatoms. The number of likely N-dealkylation sites (tertiary alicyclic amines) is 1. The number of unbranched alkanes of at least 4 members (excludes halogenated alkanes) is 1. The first kappa shape index (κ1) is 19.9. The first-order valence-corrected chi connectivity index (χ1v) is 9.21.